The van der Waals surface area contributed by atoms with Gasteiger partial charge in [0.2, 0.25) is 5.78 Å². The van der Waals surface area contributed by atoms with Crippen LogP contribution in [0.4, 0.5) is 8.78 Å². The van der Waals surface area contributed by atoms with Gasteiger partial charge >= 0.3 is 0 Å². The minimum Gasteiger partial charge on any atom is -0.382 e. The topological polar surface area (TPSA) is 44.1 Å². The van der Waals surface area contributed by atoms with Crippen molar-refractivity contribution >= 4 is 5.78 Å². The maximum Gasteiger partial charge on any atom is 0.208 e. The fourth-order valence-electron chi connectivity index (χ4n) is 1.21. The Labute approximate surface area is 97.6 Å². The van der Waals surface area contributed by atoms with E-state index in [9.17, 15) is 13.6 Å². The normalized spacial score (nSPS) is 10.9. The Hall–Kier alpha value is -2.22. The molecule has 0 fully saturated rings. The molecule has 0 saturated carbocycles. The summed E-state index contributed by atoms with van der Waals surface area (Å²) in [7, 11) is 3.24. The first-order valence-electron chi connectivity index (χ1n) is 4.74. The minimum absolute atomic E-state index is 0.250. The van der Waals surface area contributed by atoms with E-state index in [4.69, 9.17) is 5.26 Å². The molecule has 0 aliphatic carbocycles. The number of allylic oxidation sites excluding steroid dienone is 1. The molecule has 0 aliphatic rings. The highest BCUT2D eigenvalue weighted by Gasteiger charge is 2.17. The molecule has 5 heteroatoms. The van der Waals surface area contributed by atoms with Crippen molar-refractivity contribution in [2.75, 3.05) is 14.1 Å². The number of carbonyl (C=O) groups excluding carboxylic acids is 1. The van der Waals surface area contributed by atoms with Crippen molar-refractivity contribution in [3.8, 4) is 6.07 Å². The first-order chi connectivity index (χ1) is 7.95. The lowest BCUT2D eigenvalue weighted by Gasteiger charge is -2.06. The third-order valence-corrected chi connectivity index (χ3v) is 1.93. The van der Waals surface area contributed by atoms with Crippen LogP contribution >= 0.6 is 0 Å². The van der Waals surface area contributed by atoms with Crippen LogP contribution in [0.2, 0.25) is 0 Å². The molecule has 0 amide bonds. The maximum atomic E-state index is 13.3. The zero-order valence-electron chi connectivity index (χ0n) is 9.37. The van der Waals surface area contributed by atoms with E-state index < -0.39 is 23.0 Å². The fourth-order valence-corrected chi connectivity index (χ4v) is 1.21. The summed E-state index contributed by atoms with van der Waals surface area (Å²) in [5, 5.41) is 8.78. The molecule has 0 spiro atoms. The molecule has 0 atom stereocenters. The minimum atomic E-state index is -0.851. The first-order valence-corrected chi connectivity index (χ1v) is 4.74. The zero-order valence-corrected chi connectivity index (χ0v) is 9.37. The lowest BCUT2D eigenvalue weighted by molar-refractivity contribution is 0.103. The standard InChI is InChI=1S/C12H10F2N2O/c1-16(2)7-8(6-15)12(17)10-5-9(13)3-4-11(10)14/h3-5,7H,1-2H3/b8-7+. The first kappa shape index (κ1) is 12.8. The highest BCUT2D eigenvalue weighted by Crippen LogP contribution is 2.14. The Bertz CT molecular complexity index is 516. The summed E-state index contributed by atoms with van der Waals surface area (Å²) in [6.45, 7) is 0. The Kier molecular flexibility index (Phi) is 3.94. The number of nitrogens with zero attached hydrogens (tertiary/aromatic N) is 2. The van der Waals surface area contributed by atoms with Gasteiger partial charge in [-0.25, -0.2) is 8.78 Å². The monoisotopic (exact) mass is 236 g/mol. The molecule has 0 N–H and O–H groups in total. The average molecular weight is 236 g/mol. The van der Waals surface area contributed by atoms with Crippen molar-refractivity contribution < 1.29 is 13.6 Å². The van der Waals surface area contributed by atoms with Crippen LogP contribution in [-0.4, -0.2) is 24.8 Å². The molecule has 0 heterocycles. The summed E-state index contributed by atoms with van der Waals surface area (Å²) in [6.07, 6.45) is 1.26. The summed E-state index contributed by atoms with van der Waals surface area (Å²) in [5.74, 6) is -2.41. The maximum absolute atomic E-state index is 13.3. The number of rotatable bonds is 3. The van der Waals surface area contributed by atoms with Crippen LogP contribution in [0, 0.1) is 23.0 Å². The van der Waals surface area contributed by atoms with Crippen molar-refractivity contribution in [3.05, 3.63) is 47.2 Å². The van der Waals surface area contributed by atoms with E-state index >= 15 is 0 Å². The number of ketones is 1. The Morgan fingerprint density at radius 2 is 2.06 bits per heavy atom. The van der Waals surface area contributed by atoms with Crippen LogP contribution in [-0.2, 0) is 0 Å². The molecule has 17 heavy (non-hydrogen) atoms. The van der Waals surface area contributed by atoms with Gasteiger partial charge in [0.15, 0.2) is 0 Å². The van der Waals surface area contributed by atoms with Gasteiger partial charge in [0.05, 0.1) is 5.56 Å². The highest BCUT2D eigenvalue weighted by molar-refractivity contribution is 6.11. The molecular formula is C12H10F2N2O. The van der Waals surface area contributed by atoms with Gasteiger partial charge in [0.1, 0.15) is 23.3 Å². The van der Waals surface area contributed by atoms with E-state index in [1.54, 1.807) is 20.2 Å². The molecule has 3 nitrogen and oxygen atoms in total. The smallest absolute Gasteiger partial charge is 0.208 e. The quantitative estimate of drug-likeness (QED) is 0.458. The molecule has 0 bridgehead atoms. The lowest BCUT2D eigenvalue weighted by atomic mass is 10.0. The fraction of sp³-hybridized carbons (Fsp3) is 0.167. The summed E-state index contributed by atoms with van der Waals surface area (Å²) in [5.41, 5.74) is -0.695. The molecule has 1 rings (SSSR count). The second-order valence-corrected chi connectivity index (χ2v) is 3.57. The number of nitriles is 1. The predicted octanol–water partition coefficient (Wildman–Crippen LogP) is 2.12. The van der Waals surface area contributed by atoms with E-state index in [1.807, 2.05) is 0 Å². The average Bonchev–Trinajstić information content (AvgIpc) is 2.28. The van der Waals surface area contributed by atoms with Gasteiger partial charge in [0.25, 0.3) is 0 Å². The summed E-state index contributed by atoms with van der Waals surface area (Å²) < 4.78 is 26.2. The molecule has 88 valence electrons. The Morgan fingerprint density at radius 1 is 1.41 bits per heavy atom. The van der Waals surface area contributed by atoms with Crippen molar-refractivity contribution in [1.29, 1.82) is 5.26 Å². The zero-order chi connectivity index (χ0) is 13.0. The van der Waals surface area contributed by atoms with E-state index in [2.05, 4.69) is 0 Å². The molecule has 0 unspecified atom stereocenters. The molecular weight excluding hydrogens is 226 g/mol. The van der Waals surface area contributed by atoms with Crippen LogP contribution in [0.15, 0.2) is 30.0 Å². The van der Waals surface area contributed by atoms with Gasteiger partial charge in [-0.2, -0.15) is 5.26 Å². The second-order valence-electron chi connectivity index (χ2n) is 3.57. The largest absolute Gasteiger partial charge is 0.382 e. The van der Waals surface area contributed by atoms with Crippen molar-refractivity contribution in [2.24, 2.45) is 0 Å². The van der Waals surface area contributed by atoms with Gasteiger partial charge in [0, 0.05) is 20.3 Å². The number of carbonyl (C=O) groups is 1. The van der Waals surface area contributed by atoms with Crippen LogP contribution < -0.4 is 0 Å². The van der Waals surface area contributed by atoms with Crippen molar-refractivity contribution in [3.63, 3.8) is 0 Å². The third kappa shape index (κ3) is 3.11. The van der Waals surface area contributed by atoms with Crippen LogP contribution in [0.25, 0.3) is 0 Å². The number of hydrogen-bond acceptors (Lipinski definition) is 3. The van der Waals surface area contributed by atoms with Crippen LogP contribution in [0.5, 0.6) is 0 Å². The molecule has 0 saturated heterocycles. The molecule has 0 radical (unpaired) electrons. The third-order valence-electron chi connectivity index (χ3n) is 1.93. The van der Waals surface area contributed by atoms with Crippen molar-refractivity contribution in [2.45, 2.75) is 0 Å². The van der Waals surface area contributed by atoms with Gasteiger partial charge in [-0.3, -0.25) is 4.79 Å². The number of benzene rings is 1. The summed E-state index contributed by atoms with van der Waals surface area (Å²) in [4.78, 5) is 13.2. The number of hydrogen-bond donors (Lipinski definition) is 0. The van der Waals surface area contributed by atoms with Crippen LogP contribution in [0.3, 0.4) is 0 Å². The SMILES string of the molecule is CN(C)/C=C(\C#N)C(=O)c1cc(F)ccc1F. The summed E-state index contributed by atoms with van der Waals surface area (Å²) >= 11 is 0. The van der Waals surface area contributed by atoms with Gasteiger partial charge in [-0.15, -0.1) is 0 Å². The summed E-state index contributed by atoms with van der Waals surface area (Å²) in [6, 6.07) is 4.20. The number of halogens is 2. The van der Waals surface area contributed by atoms with E-state index in [0.717, 1.165) is 18.2 Å². The Balaban J connectivity index is 3.21. The van der Waals surface area contributed by atoms with Gasteiger partial charge < -0.3 is 4.90 Å². The van der Waals surface area contributed by atoms with Gasteiger partial charge in [-0.1, -0.05) is 0 Å². The van der Waals surface area contributed by atoms with E-state index in [1.165, 1.54) is 11.1 Å². The highest BCUT2D eigenvalue weighted by atomic mass is 19.1. The van der Waals surface area contributed by atoms with E-state index in [0.29, 0.717) is 0 Å². The second kappa shape index (κ2) is 5.21. The van der Waals surface area contributed by atoms with Crippen LogP contribution in [0.1, 0.15) is 10.4 Å². The predicted molar refractivity (Wildman–Crippen MR) is 58.1 cm³/mol. The lowest BCUT2D eigenvalue weighted by Crippen LogP contribution is -2.10. The van der Waals surface area contributed by atoms with E-state index in [-0.39, 0.29) is 5.57 Å². The molecule has 0 aromatic heterocycles. The molecule has 0 aliphatic heterocycles. The number of Topliss-reactive ketones (excluding diaryl/α,β-unsaturated/α-hetero) is 1. The molecule has 1 aromatic rings. The Morgan fingerprint density at radius 3 is 2.59 bits per heavy atom. The van der Waals surface area contributed by atoms with Crippen molar-refractivity contribution in [1.82, 2.24) is 4.90 Å². The molecule has 1 aromatic carbocycles. The van der Waals surface area contributed by atoms with Gasteiger partial charge in [-0.05, 0) is 18.2 Å².